The Morgan fingerprint density at radius 1 is 1.12 bits per heavy atom. The second-order valence-electron chi connectivity index (χ2n) is 5.48. The molecule has 0 fully saturated rings. The monoisotopic (exact) mass is 342 g/mol. The number of carbonyl (C=O) groups excluding carboxylic acids is 1. The first kappa shape index (κ1) is 18.3. The Balaban J connectivity index is 1.91. The van der Waals surface area contributed by atoms with Gasteiger partial charge in [-0.3, -0.25) is 4.79 Å². The van der Waals surface area contributed by atoms with Gasteiger partial charge in [0.15, 0.2) is 6.61 Å². The van der Waals surface area contributed by atoms with Crippen molar-refractivity contribution in [3.63, 3.8) is 0 Å². The smallest absolute Gasteiger partial charge is 0.265 e. The van der Waals surface area contributed by atoms with Gasteiger partial charge in [0.1, 0.15) is 11.5 Å². The predicted octanol–water partition coefficient (Wildman–Crippen LogP) is 3.31. The second kappa shape index (κ2) is 8.73. The highest BCUT2D eigenvalue weighted by molar-refractivity contribution is 5.92. The van der Waals surface area contributed by atoms with Gasteiger partial charge in [-0.2, -0.15) is 0 Å². The van der Waals surface area contributed by atoms with E-state index in [9.17, 15) is 4.79 Å². The molecule has 132 valence electrons. The highest BCUT2D eigenvalue weighted by atomic mass is 16.6. The summed E-state index contributed by atoms with van der Waals surface area (Å²) in [5.41, 5.74) is 3.59. The number of carbonyl (C=O) groups is 1. The third-order valence-electron chi connectivity index (χ3n) is 3.55. The largest absolute Gasteiger partial charge is 0.497 e. The molecule has 0 aromatic heterocycles. The molecule has 1 amide bonds. The predicted molar refractivity (Wildman–Crippen MR) is 97.6 cm³/mol. The summed E-state index contributed by atoms with van der Waals surface area (Å²) >= 11 is 0. The molecule has 0 aliphatic heterocycles. The van der Waals surface area contributed by atoms with Crippen molar-refractivity contribution in [1.29, 1.82) is 0 Å². The van der Waals surface area contributed by atoms with Gasteiger partial charge >= 0.3 is 0 Å². The summed E-state index contributed by atoms with van der Waals surface area (Å²) < 4.78 is 10.4. The first-order valence-electron chi connectivity index (χ1n) is 7.78. The second-order valence-corrected chi connectivity index (χ2v) is 5.48. The molecule has 2 aromatic rings. The normalized spacial score (nSPS) is 10.6. The molecule has 0 atom stereocenters. The highest BCUT2D eigenvalue weighted by Gasteiger charge is 2.06. The van der Waals surface area contributed by atoms with E-state index in [1.807, 2.05) is 32.0 Å². The summed E-state index contributed by atoms with van der Waals surface area (Å²) in [6.45, 7) is 3.76. The molecule has 0 saturated heterocycles. The summed E-state index contributed by atoms with van der Waals surface area (Å²) in [4.78, 5) is 17.0. The van der Waals surface area contributed by atoms with E-state index in [-0.39, 0.29) is 12.5 Å². The van der Waals surface area contributed by atoms with E-state index in [0.29, 0.717) is 17.1 Å². The van der Waals surface area contributed by atoms with Crippen LogP contribution in [0, 0.1) is 13.8 Å². The van der Waals surface area contributed by atoms with E-state index >= 15 is 0 Å². The standard InChI is InChI=1S/C19H22N2O4/c1-13-5-7-17(14(2)9-13)21-19(22)12-25-20-11-15-10-16(23-3)6-8-18(15)24-4/h5-11H,12H2,1-4H3,(H,21,22)/b20-11+. The van der Waals surface area contributed by atoms with E-state index in [1.54, 1.807) is 32.4 Å². The minimum atomic E-state index is -0.276. The first-order valence-corrected chi connectivity index (χ1v) is 7.78. The molecule has 0 radical (unpaired) electrons. The van der Waals surface area contributed by atoms with Gasteiger partial charge in [-0.15, -0.1) is 0 Å². The summed E-state index contributed by atoms with van der Waals surface area (Å²) in [5.74, 6) is 1.03. The van der Waals surface area contributed by atoms with Gasteiger partial charge in [0.2, 0.25) is 0 Å². The van der Waals surface area contributed by atoms with Crippen molar-refractivity contribution < 1.29 is 19.1 Å². The third kappa shape index (κ3) is 5.24. The van der Waals surface area contributed by atoms with Crippen LogP contribution in [0.1, 0.15) is 16.7 Å². The van der Waals surface area contributed by atoms with Crippen LogP contribution in [0.15, 0.2) is 41.6 Å². The number of hydrogen-bond donors (Lipinski definition) is 1. The van der Waals surface area contributed by atoms with Crippen molar-refractivity contribution >= 4 is 17.8 Å². The molecule has 0 aliphatic rings. The SMILES string of the molecule is COc1ccc(OC)c(/C=N/OCC(=O)Nc2ccc(C)cc2C)c1. The molecule has 0 heterocycles. The van der Waals surface area contributed by atoms with Crippen LogP contribution >= 0.6 is 0 Å². The molecule has 2 rings (SSSR count). The van der Waals surface area contributed by atoms with Gasteiger partial charge in [-0.1, -0.05) is 22.9 Å². The highest BCUT2D eigenvalue weighted by Crippen LogP contribution is 2.22. The fourth-order valence-electron chi connectivity index (χ4n) is 2.27. The molecule has 0 saturated carbocycles. The van der Waals surface area contributed by atoms with Gasteiger partial charge < -0.3 is 19.6 Å². The number of benzene rings is 2. The zero-order chi connectivity index (χ0) is 18.2. The van der Waals surface area contributed by atoms with E-state index < -0.39 is 0 Å². The average molecular weight is 342 g/mol. The van der Waals surface area contributed by atoms with Gasteiger partial charge in [-0.05, 0) is 43.7 Å². The van der Waals surface area contributed by atoms with E-state index in [1.165, 1.54) is 6.21 Å². The number of amides is 1. The van der Waals surface area contributed by atoms with Crippen molar-refractivity contribution in [1.82, 2.24) is 0 Å². The van der Waals surface area contributed by atoms with E-state index in [4.69, 9.17) is 14.3 Å². The number of rotatable bonds is 7. The van der Waals surface area contributed by atoms with Crippen LogP contribution in [0.5, 0.6) is 11.5 Å². The summed E-state index contributed by atoms with van der Waals surface area (Å²) in [6, 6.07) is 11.1. The Morgan fingerprint density at radius 3 is 2.60 bits per heavy atom. The number of oxime groups is 1. The lowest BCUT2D eigenvalue weighted by Gasteiger charge is -2.08. The topological polar surface area (TPSA) is 69.1 Å². The minimum Gasteiger partial charge on any atom is -0.497 e. The van der Waals surface area contributed by atoms with E-state index in [0.717, 1.165) is 16.8 Å². The van der Waals surface area contributed by atoms with Crippen molar-refractivity contribution in [3.05, 3.63) is 53.1 Å². The zero-order valence-electron chi connectivity index (χ0n) is 14.8. The Morgan fingerprint density at radius 2 is 1.92 bits per heavy atom. The first-order chi connectivity index (χ1) is 12.0. The molecule has 6 heteroatoms. The molecule has 0 unspecified atom stereocenters. The number of aryl methyl sites for hydroxylation is 2. The van der Waals surface area contributed by atoms with E-state index in [2.05, 4.69) is 10.5 Å². The van der Waals surface area contributed by atoms with Crippen LogP contribution in [-0.4, -0.2) is 32.9 Å². The van der Waals surface area contributed by atoms with Crippen molar-refractivity contribution in [2.45, 2.75) is 13.8 Å². The molecule has 0 bridgehead atoms. The lowest BCUT2D eigenvalue weighted by molar-refractivity contribution is -0.120. The van der Waals surface area contributed by atoms with Gasteiger partial charge in [0.25, 0.3) is 5.91 Å². The third-order valence-corrected chi connectivity index (χ3v) is 3.55. The average Bonchev–Trinajstić information content (AvgIpc) is 2.61. The molecule has 0 spiro atoms. The van der Waals surface area contributed by atoms with Crippen molar-refractivity contribution in [2.24, 2.45) is 5.16 Å². The van der Waals surface area contributed by atoms with Gasteiger partial charge in [-0.25, -0.2) is 0 Å². The maximum Gasteiger partial charge on any atom is 0.265 e. The van der Waals surface area contributed by atoms with Crippen LogP contribution in [0.3, 0.4) is 0 Å². The van der Waals surface area contributed by atoms with Crippen LogP contribution < -0.4 is 14.8 Å². The fourth-order valence-corrected chi connectivity index (χ4v) is 2.27. The van der Waals surface area contributed by atoms with Gasteiger partial charge in [0, 0.05) is 11.3 Å². The fraction of sp³-hybridized carbons (Fsp3) is 0.263. The van der Waals surface area contributed by atoms with Crippen molar-refractivity contribution in [3.8, 4) is 11.5 Å². The number of methoxy groups -OCH3 is 2. The lowest BCUT2D eigenvalue weighted by Crippen LogP contribution is -2.17. The minimum absolute atomic E-state index is 0.184. The molecular weight excluding hydrogens is 320 g/mol. The summed E-state index contributed by atoms with van der Waals surface area (Å²) in [5, 5.41) is 6.62. The number of hydrogen-bond acceptors (Lipinski definition) is 5. The summed E-state index contributed by atoms with van der Waals surface area (Å²) in [7, 11) is 3.15. The molecular formula is C19H22N2O4. The Kier molecular flexibility index (Phi) is 6.39. The zero-order valence-corrected chi connectivity index (χ0v) is 14.8. The molecule has 2 aromatic carbocycles. The Hall–Kier alpha value is -3.02. The molecule has 25 heavy (non-hydrogen) atoms. The molecule has 0 aliphatic carbocycles. The Bertz CT molecular complexity index is 772. The number of nitrogens with one attached hydrogen (secondary N) is 1. The molecule has 6 nitrogen and oxygen atoms in total. The molecule has 1 N–H and O–H groups in total. The van der Waals surface area contributed by atoms with Gasteiger partial charge in [0.05, 0.1) is 20.4 Å². The number of anilines is 1. The number of nitrogens with zero attached hydrogens (tertiary/aromatic N) is 1. The van der Waals surface area contributed by atoms with Crippen LogP contribution in [0.2, 0.25) is 0 Å². The van der Waals surface area contributed by atoms with Crippen LogP contribution in [0.25, 0.3) is 0 Å². The number of ether oxygens (including phenoxy) is 2. The van der Waals surface area contributed by atoms with Crippen molar-refractivity contribution in [2.75, 3.05) is 26.1 Å². The quantitative estimate of drug-likeness (QED) is 0.619. The van der Waals surface area contributed by atoms with Crippen LogP contribution in [-0.2, 0) is 9.63 Å². The maximum absolute atomic E-state index is 11.9. The maximum atomic E-state index is 11.9. The Labute approximate surface area is 147 Å². The lowest BCUT2D eigenvalue weighted by atomic mass is 10.1. The van der Waals surface area contributed by atoms with Crippen LogP contribution in [0.4, 0.5) is 5.69 Å². The summed E-state index contributed by atoms with van der Waals surface area (Å²) in [6.07, 6.45) is 1.48.